The van der Waals surface area contributed by atoms with Crippen molar-refractivity contribution in [1.29, 1.82) is 0 Å². The van der Waals surface area contributed by atoms with Crippen molar-refractivity contribution < 1.29 is 15.3 Å². The van der Waals surface area contributed by atoms with E-state index in [2.05, 4.69) is 6.92 Å². The average molecular weight is 551 g/mol. The standard InChI is InChI=1S/3C6H6OS.C4H9.Sn/c3*7-5-1-3-6(8)4-2-5;1-3-4-2;/h3*1-4,7-8H;1,3-4H2,2H3;/q;;;;+3/p-3. The zero-order chi connectivity index (χ0) is 20.7. The van der Waals surface area contributed by atoms with Crippen LogP contribution in [0.5, 0.6) is 17.2 Å². The van der Waals surface area contributed by atoms with E-state index < -0.39 is 14.2 Å². The Balaban J connectivity index is 1.96. The molecule has 0 heterocycles. The van der Waals surface area contributed by atoms with Gasteiger partial charge in [0.1, 0.15) is 0 Å². The number of rotatable bonds is 9. The van der Waals surface area contributed by atoms with Gasteiger partial charge in [-0.25, -0.2) is 0 Å². The molecule has 7 heteroatoms. The second kappa shape index (κ2) is 10.8. The zero-order valence-electron chi connectivity index (χ0n) is 16.1. The fraction of sp³-hybridized carbons (Fsp3) is 0.182. The maximum absolute atomic E-state index is 9.67. The molecule has 0 radical (unpaired) electrons. The summed E-state index contributed by atoms with van der Waals surface area (Å²) in [4.78, 5) is 3.52. The Morgan fingerprint density at radius 3 is 1.17 bits per heavy atom. The zero-order valence-corrected chi connectivity index (χ0v) is 21.4. The molecular formula is C22H24O3S3Sn. The molecule has 0 aliphatic heterocycles. The van der Waals surface area contributed by atoms with E-state index in [1.54, 1.807) is 36.4 Å². The summed E-state index contributed by atoms with van der Waals surface area (Å²) in [5.41, 5.74) is 0. The fourth-order valence-electron chi connectivity index (χ4n) is 2.69. The van der Waals surface area contributed by atoms with Gasteiger partial charge in [0.05, 0.1) is 0 Å². The molecule has 0 atom stereocenters. The van der Waals surface area contributed by atoms with E-state index in [1.807, 2.05) is 63.2 Å². The van der Waals surface area contributed by atoms with Gasteiger partial charge in [0.2, 0.25) is 0 Å². The number of hydrogen-bond donors (Lipinski definition) is 3. The minimum atomic E-state index is -3.03. The summed E-state index contributed by atoms with van der Waals surface area (Å²) < 4.78 is 1.17. The predicted octanol–water partition coefficient (Wildman–Crippen LogP) is 7.22. The van der Waals surface area contributed by atoms with Crippen molar-refractivity contribution >= 4 is 41.1 Å². The van der Waals surface area contributed by atoms with Crippen LogP contribution in [0.1, 0.15) is 19.8 Å². The number of benzene rings is 3. The van der Waals surface area contributed by atoms with E-state index in [1.165, 1.54) is 19.1 Å². The molecule has 0 aliphatic rings. The molecule has 0 saturated carbocycles. The Kier molecular flexibility index (Phi) is 8.41. The van der Waals surface area contributed by atoms with Crippen molar-refractivity contribution in [2.75, 3.05) is 0 Å². The number of unbranched alkanes of at least 4 members (excludes halogenated alkanes) is 1. The molecule has 0 amide bonds. The summed E-state index contributed by atoms with van der Waals surface area (Å²) >= 11 is -3.03. The van der Waals surface area contributed by atoms with Crippen molar-refractivity contribution in [3.8, 4) is 17.2 Å². The van der Waals surface area contributed by atoms with E-state index in [9.17, 15) is 15.3 Å². The second-order valence-electron chi connectivity index (χ2n) is 6.57. The van der Waals surface area contributed by atoms with Gasteiger partial charge in [-0.2, -0.15) is 0 Å². The molecule has 0 unspecified atom stereocenters. The maximum atomic E-state index is 9.67. The first-order chi connectivity index (χ1) is 14.0. The summed E-state index contributed by atoms with van der Waals surface area (Å²) in [5, 5.41) is 29.0. The third-order valence-corrected chi connectivity index (χ3v) is 37.6. The van der Waals surface area contributed by atoms with E-state index in [-0.39, 0.29) is 17.2 Å². The van der Waals surface area contributed by atoms with Crippen LogP contribution in [0.2, 0.25) is 4.44 Å². The van der Waals surface area contributed by atoms with Crippen molar-refractivity contribution in [3.63, 3.8) is 0 Å². The van der Waals surface area contributed by atoms with Crippen molar-refractivity contribution in [3.05, 3.63) is 72.8 Å². The van der Waals surface area contributed by atoms with E-state index in [0.717, 1.165) is 12.8 Å². The number of phenolic OH excluding ortho intramolecular Hbond substituents is 3. The average Bonchev–Trinajstić information content (AvgIpc) is 2.72. The van der Waals surface area contributed by atoms with Crippen LogP contribution < -0.4 is 0 Å². The monoisotopic (exact) mass is 552 g/mol. The molecule has 3 aromatic rings. The molecular weight excluding hydrogens is 527 g/mol. The first-order valence-electron chi connectivity index (χ1n) is 9.42. The van der Waals surface area contributed by atoms with Crippen LogP contribution >= 0.6 is 26.8 Å². The van der Waals surface area contributed by atoms with E-state index >= 15 is 0 Å². The number of phenols is 3. The van der Waals surface area contributed by atoms with Gasteiger partial charge < -0.3 is 0 Å². The van der Waals surface area contributed by atoms with Gasteiger partial charge in [-0.15, -0.1) is 0 Å². The van der Waals surface area contributed by atoms with E-state index in [0.29, 0.717) is 0 Å². The Labute approximate surface area is 184 Å². The van der Waals surface area contributed by atoms with Gasteiger partial charge in [0.15, 0.2) is 0 Å². The van der Waals surface area contributed by atoms with Gasteiger partial charge in [0, 0.05) is 0 Å². The Morgan fingerprint density at radius 2 is 0.897 bits per heavy atom. The first-order valence-corrected chi connectivity index (χ1v) is 24.4. The van der Waals surface area contributed by atoms with Gasteiger partial charge in [-0.05, 0) is 0 Å². The minimum absolute atomic E-state index is 0.279. The second-order valence-corrected chi connectivity index (χ2v) is 38.4. The Morgan fingerprint density at radius 1 is 0.586 bits per heavy atom. The van der Waals surface area contributed by atoms with Crippen molar-refractivity contribution in [1.82, 2.24) is 0 Å². The van der Waals surface area contributed by atoms with Gasteiger partial charge in [-0.3, -0.25) is 0 Å². The third-order valence-electron chi connectivity index (χ3n) is 4.17. The molecule has 152 valence electrons. The van der Waals surface area contributed by atoms with Crippen LogP contribution in [0.4, 0.5) is 0 Å². The van der Waals surface area contributed by atoms with Crippen LogP contribution in [0.3, 0.4) is 0 Å². The molecule has 3 nitrogen and oxygen atoms in total. The molecule has 0 saturated heterocycles. The fourth-order valence-corrected chi connectivity index (χ4v) is 40.7. The van der Waals surface area contributed by atoms with Crippen molar-refractivity contribution in [2.45, 2.75) is 38.9 Å². The number of hydrogen-bond acceptors (Lipinski definition) is 6. The Hall–Kier alpha value is -1.09. The summed E-state index contributed by atoms with van der Waals surface area (Å²) in [6, 6.07) is 22.4. The van der Waals surface area contributed by atoms with Gasteiger partial charge in [-0.1, -0.05) is 0 Å². The summed E-state index contributed by atoms with van der Waals surface area (Å²) in [6.45, 7) is 2.22. The van der Waals surface area contributed by atoms with Gasteiger partial charge in [0.25, 0.3) is 0 Å². The van der Waals surface area contributed by atoms with Crippen LogP contribution in [0.15, 0.2) is 87.5 Å². The third kappa shape index (κ3) is 6.98. The molecule has 0 bridgehead atoms. The first kappa shape index (κ1) is 22.6. The molecule has 0 fully saturated rings. The summed E-state index contributed by atoms with van der Waals surface area (Å²) in [5.74, 6) is 0.836. The predicted molar refractivity (Wildman–Crippen MR) is 127 cm³/mol. The topological polar surface area (TPSA) is 60.7 Å². The molecule has 0 spiro atoms. The quantitative estimate of drug-likeness (QED) is 0.244. The van der Waals surface area contributed by atoms with Crippen LogP contribution in [0.25, 0.3) is 0 Å². The summed E-state index contributed by atoms with van der Waals surface area (Å²) in [7, 11) is 5.95. The van der Waals surface area contributed by atoms with E-state index in [4.69, 9.17) is 0 Å². The SMILES string of the molecule is CCC[CH2][Sn]([S]c1ccc(O)cc1)([S]c1ccc(O)cc1)[S]c1ccc(O)cc1. The van der Waals surface area contributed by atoms with Crippen LogP contribution in [-0.2, 0) is 0 Å². The molecule has 0 aliphatic carbocycles. The van der Waals surface area contributed by atoms with Gasteiger partial charge >= 0.3 is 185 Å². The summed E-state index contributed by atoms with van der Waals surface area (Å²) in [6.07, 6.45) is 2.30. The Bertz CT molecular complexity index is 784. The molecule has 0 aromatic heterocycles. The molecule has 3 N–H and O–H groups in total. The normalized spacial score (nSPS) is 11.5. The van der Waals surface area contributed by atoms with Crippen molar-refractivity contribution in [2.24, 2.45) is 0 Å². The van der Waals surface area contributed by atoms with Crippen LogP contribution in [-0.4, -0.2) is 29.5 Å². The molecule has 3 rings (SSSR count). The molecule has 3 aromatic carbocycles. The molecule has 29 heavy (non-hydrogen) atoms. The number of aromatic hydroxyl groups is 3. The van der Waals surface area contributed by atoms with Crippen LogP contribution in [0, 0.1) is 0 Å².